The second-order valence-electron chi connectivity index (χ2n) is 10.3. The van der Waals surface area contributed by atoms with Gasteiger partial charge in [-0.2, -0.15) is 0 Å². The summed E-state index contributed by atoms with van der Waals surface area (Å²) in [6.45, 7) is 2.15. The summed E-state index contributed by atoms with van der Waals surface area (Å²) in [5.41, 5.74) is 4.14. The van der Waals surface area contributed by atoms with Crippen molar-refractivity contribution < 1.29 is 33.5 Å². The standard InChI is InChI=1S/C32H31N5O7/c1-18-13-27(37-44-18)32(42)36-26(16-30(39)40)20-8-10-21(11-9-20)34-29(38)15-19-7-12-25(28(14-19)43-2)35-31(41)23-17-33-24-6-4-3-5-22(23)24/h3-14,23,26,33H,15-17H2,1-2H3,(H,34,38)(H,35,41)(H,36,42)(H,39,40)/t23?,26-/m1/s1. The number of methoxy groups -OCH3 is 1. The van der Waals surface area contributed by atoms with Crippen LogP contribution in [0.15, 0.2) is 77.3 Å². The Labute approximate surface area is 252 Å². The number of nitrogens with one attached hydrogen (secondary N) is 4. The molecule has 3 amide bonds. The fourth-order valence-corrected chi connectivity index (χ4v) is 5.01. The van der Waals surface area contributed by atoms with Crippen LogP contribution >= 0.6 is 0 Å². The van der Waals surface area contributed by atoms with E-state index in [4.69, 9.17) is 9.26 Å². The number of fused-ring (bicyclic) bond motifs is 1. The number of carbonyl (C=O) groups excluding carboxylic acids is 3. The van der Waals surface area contributed by atoms with Gasteiger partial charge in [-0.3, -0.25) is 19.2 Å². The van der Waals surface area contributed by atoms with E-state index in [0.29, 0.717) is 40.6 Å². The van der Waals surface area contributed by atoms with Crippen LogP contribution in [-0.2, 0) is 20.8 Å². The van der Waals surface area contributed by atoms with Gasteiger partial charge in [0, 0.05) is 24.0 Å². The Morgan fingerprint density at radius 1 is 1.05 bits per heavy atom. The number of ether oxygens (including phenoxy) is 1. The lowest BCUT2D eigenvalue weighted by Gasteiger charge is -2.17. The summed E-state index contributed by atoms with van der Waals surface area (Å²) in [7, 11) is 1.50. The molecule has 0 saturated carbocycles. The van der Waals surface area contributed by atoms with Gasteiger partial charge in [0.2, 0.25) is 11.8 Å². The summed E-state index contributed by atoms with van der Waals surface area (Å²) in [5, 5.41) is 24.7. The van der Waals surface area contributed by atoms with Gasteiger partial charge in [0.1, 0.15) is 11.5 Å². The van der Waals surface area contributed by atoms with Crippen molar-refractivity contribution in [1.82, 2.24) is 10.5 Å². The number of para-hydroxylation sites is 1. The number of rotatable bonds is 11. The van der Waals surface area contributed by atoms with Crippen molar-refractivity contribution in [3.8, 4) is 5.75 Å². The number of carbonyl (C=O) groups is 4. The van der Waals surface area contributed by atoms with Gasteiger partial charge in [0.05, 0.1) is 37.6 Å². The van der Waals surface area contributed by atoms with Gasteiger partial charge < -0.3 is 35.6 Å². The van der Waals surface area contributed by atoms with Crippen molar-refractivity contribution >= 4 is 40.8 Å². The lowest BCUT2D eigenvalue weighted by Crippen LogP contribution is -2.30. The SMILES string of the molecule is COc1cc(CC(=O)Nc2ccc([C@@H](CC(=O)O)NC(=O)c3cc(C)on3)cc2)ccc1NC(=O)C1CNc2ccccc21. The van der Waals surface area contributed by atoms with Crippen molar-refractivity contribution in [2.45, 2.75) is 31.7 Å². The van der Waals surface area contributed by atoms with Gasteiger partial charge in [-0.25, -0.2) is 0 Å². The topological polar surface area (TPSA) is 172 Å². The Bertz CT molecular complexity index is 1700. The maximum absolute atomic E-state index is 13.0. The van der Waals surface area contributed by atoms with Crippen LogP contribution in [0.5, 0.6) is 5.75 Å². The molecule has 1 aromatic heterocycles. The first-order valence-corrected chi connectivity index (χ1v) is 13.9. The second kappa shape index (κ2) is 13.1. The minimum Gasteiger partial charge on any atom is -0.495 e. The number of aliphatic carboxylic acids is 1. The van der Waals surface area contributed by atoms with Crippen LogP contribution in [0.2, 0.25) is 0 Å². The van der Waals surface area contributed by atoms with Crippen molar-refractivity contribution in [2.24, 2.45) is 0 Å². The lowest BCUT2D eigenvalue weighted by molar-refractivity contribution is -0.137. The minimum absolute atomic E-state index is 0.0427. The van der Waals surface area contributed by atoms with E-state index in [-0.39, 0.29) is 36.3 Å². The predicted molar refractivity (Wildman–Crippen MR) is 162 cm³/mol. The molecule has 226 valence electrons. The van der Waals surface area contributed by atoms with Crippen LogP contribution in [0, 0.1) is 6.92 Å². The fraction of sp³-hybridized carbons (Fsp3) is 0.219. The number of anilines is 3. The van der Waals surface area contributed by atoms with Crippen molar-refractivity contribution in [2.75, 3.05) is 29.6 Å². The molecule has 0 spiro atoms. The number of hydrogen-bond donors (Lipinski definition) is 5. The molecule has 1 aliphatic heterocycles. The number of aromatic nitrogens is 1. The third-order valence-corrected chi connectivity index (χ3v) is 7.18. The molecule has 4 aromatic rings. The predicted octanol–water partition coefficient (Wildman–Crippen LogP) is 4.27. The molecular weight excluding hydrogens is 566 g/mol. The Morgan fingerprint density at radius 2 is 1.82 bits per heavy atom. The van der Waals surface area contributed by atoms with E-state index in [9.17, 15) is 24.3 Å². The average Bonchev–Trinajstić information content (AvgIpc) is 3.64. The van der Waals surface area contributed by atoms with Gasteiger partial charge in [0.15, 0.2) is 5.69 Å². The van der Waals surface area contributed by atoms with Crippen LogP contribution < -0.4 is 26.0 Å². The van der Waals surface area contributed by atoms with Crippen LogP contribution in [0.4, 0.5) is 17.1 Å². The van der Waals surface area contributed by atoms with E-state index in [1.165, 1.54) is 13.2 Å². The first-order valence-electron chi connectivity index (χ1n) is 13.9. The third-order valence-electron chi connectivity index (χ3n) is 7.18. The maximum Gasteiger partial charge on any atom is 0.305 e. The van der Waals surface area contributed by atoms with Crippen molar-refractivity contribution in [3.05, 3.63) is 101 Å². The molecule has 44 heavy (non-hydrogen) atoms. The summed E-state index contributed by atoms with van der Waals surface area (Å²) in [5.74, 6) is -1.55. The third kappa shape index (κ3) is 7.04. The zero-order valence-corrected chi connectivity index (χ0v) is 24.0. The quantitative estimate of drug-likeness (QED) is 0.169. The van der Waals surface area contributed by atoms with Gasteiger partial charge in [-0.05, 0) is 53.9 Å². The van der Waals surface area contributed by atoms with Crippen LogP contribution in [0.3, 0.4) is 0 Å². The Morgan fingerprint density at radius 3 is 2.52 bits per heavy atom. The number of aryl methyl sites for hydroxylation is 1. The van der Waals surface area contributed by atoms with Gasteiger partial charge in [-0.15, -0.1) is 0 Å². The molecule has 0 fully saturated rings. The summed E-state index contributed by atoms with van der Waals surface area (Å²) in [6.07, 6.45) is -0.307. The highest BCUT2D eigenvalue weighted by atomic mass is 16.5. The molecule has 5 N–H and O–H groups in total. The van der Waals surface area contributed by atoms with Gasteiger partial charge in [0.25, 0.3) is 5.91 Å². The molecular formula is C32H31N5O7. The highest BCUT2D eigenvalue weighted by Gasteiger charge is 2.28. The molecule has 1 unspecified atom stereocenters. The van der Waals surface area contributed by atoms with Gasteiger partial charge >= 0.3 is 5.97 Å². The number of nitrogens with zero attached hydrogens (tertiary/aromatic N) is 1. The van der Waals surface area contributed by atoms with E-state index in [0.717, 1.165) is 11.3 Å². The fourth-order valence-electron chi connectivity index (χ4n) is 5.01. The van der Waals surface area contributed by atoms with Crippen LogP contribution in [0.1, 0.15) is 51.3 Å². The molecule has 2 atom stereocenters. The molecule has 0 bridgehead atoms. The zero-order valence-electron chi connectivity index (χ0n) is 24.0. The number of carboxylic acid groups (broad SMARTS) is 1. The second-order valence-corrected chi connectivity index (χ2v) is 10.3. The summed E-state index contributed by atoms with van der Waals surface area (Å²) in [6, 6.07) is 20.0. The van der Waals surface area contributed by atoms with Crippen LogP contribution in [-0.4, -0.2) is 47.6 Å². The largest absolute Gasteiger partial charge is 0.495 e. The first-order chi connectivity index (χ1) is 21.2. The van der Waals surface area contributed by atoms with E-state index < -0.39 is 17.9 Å². The highest BCUT2D eigenvalue weighted by molar-refractivity contribution is 5.99. The molecule has 1 aliphatic rings. The monoisotopic (exact) mass is 597 g/mol. The normalized spacial score (nSPS) is 14.1. The molecule has 12 nitrogen and oxygen atoms in total. The van der Waals surface area contributed by atoms with Crippen molar-refractivity contribution in [3.63, 3.8) is 0 Å². The summed E-state index contributed by atoms with van der Waals surface area (Å²) < 4.78 is 10.4. The Kier molecular flexibility index (Phi) is 8.89. The van der Waals surface area contributed by atoms with Crippen LogP contribution in [0.25, 0.3) is 0 Å². The van der Waals surface area contributed by atoms with Gasteiger partial charge in [-0.1, -0.05) is 41.6 Å². The minimum atomic E-state index is -1.09. The average molecular weight is 598 g/mol. The molecule has 5 rings (SSSR count). The maximum atomic E-state index is 13.0. The Hall–Kier alpha value is -5.65. The molecule has 12 heteroatoms. The molecule has 0 aliphatic carbocycles. The molecule has 2 heterocycles. The molecule has 0 saturated heterocycles. The summed E-state index contributed by atoms with van der Waals surface area (Å²) >= 11 is 0. The number of carboxylic acids is 1. The zero-order chi connectivity index (χ0) is 31.2. The Balaban J connectivity index is 1.19. The number of hydrogen-bond acceptors (Lipinski definition) is 8. The van der Waals surface area contributed by atoms with E-state index in [1.807, 2.05) is 24.3 Å². The highest BCUT2D eigenvalue weighted by Crippen LogP contribution is 2.33. The van der Waals surface area contributed by atoms with E-state index >= 15 is 0 Å². The molecule has 0 radical (unpaired) electrons. The van der Waals surface area contributed by atoms with E-state index in [2.05, 4.69) is 26.4 Å². The van der Waals surface area contributed by atoms with Crippen molar-refractivity contribution in [1.29, 1.82) is 0 Å². The number of benzene rings is 3. The lowest BCUT2D eigenvalue weighted by atomic mass is 10.0. The smallest absolute Gasteiger partial charge is 0.305 e. The molecule has 3 aromatic carbocycles. The van der Waals surface area contributed by atoms with E-state index in [1.54, 1.807) is 49.4 Å². The first kappa shape index (κ1) is 29.8. The summed E-state index contributed by atoms with van der Waals surface area (Å²) in [4.78, 5) is 49.8. The number of amides is 3.